The molecule has 0 aliphatic rings. The Morgan fingerprint density at radius 2 is 2.25 bits per heavy atom. The third-order valence-electron chi connectivity index (χ3n) is 1.83. The van der Waals surface area contributed by atoms with Gasteiger partial charge in [-0.05, 0) is 18.6 Å². The Labute approximate surface area is 95.6 Å². The van der Waals surface area contributed by atoms with Crippen molar-refractivity contribution in [3.8, 4) is 0 Å². The highest BCUT2D eigenvalue weighted by atomic mass is 32.1. The van der Waals surface area contributed by atoms with E-state index in [4.69, 9.17) is 0 Å². The highest BCUT2D eigenvalue weighted by Crippen LogP contribution is 2.14. The maximum absolute atomic E-state index is 12.0. The Hall–Kier alpha value is -0.730. The lowest BCUT2D eigenvalue weighted by Gasteiger charge is -2.18. The van der Waals surface area contributed by atoms with Crippen LogP contribution in [0.5, 0.6) is 0 Å². The van der Waals surface area contributed by atoms with E-state index < -0.39 is 12.7 Å². The summed E-state index contributed by atoms with van der Waals surface area (Å²) >= 11 is 1.25. The highest BCUT2D eigenvalue weighted by molar-refractivity contribution is 7.03. The van der Waals surface area contributed by atoms with Crippen LogP contribution in [0.15, 0.2) is 5.38 Å². The molecule has 8 heteroatoms. The van der Waals surface area contributed by atoms with Crippen LogP contribution >= 0.6 is 11.5 Å². The zero-order valence-electron chi connectivity index (χ0n) is 8.79. The Bertz CT molecular complexity index is 288. The number of aromatic nitrogens is 2. The van der Waals surface area contributed by atoms with Crippen molar-refractivity contribution in [3.63, 3.8) is 0 Å². The van der Waals surface area contributed by atoms with E-state index in [1.807, 2.05) is 0 Å². The van der Waals surface area contributed by atoms with Gasteiger partial charge < -0.3 is 5.32 Å². The monoisotopic (exact) mass is 254 g/mol. The fraction of sp³-hybridized carbons (Fsp3) is 0.750. The maximum atomic E-state index is 12.0. The first-order chi connectivity index (χ1) is 7.47. The van der Waals surface area contributed by atoms with Gasteiger partial charge in [-0.25, -0.2) is 0 Å². The minimum absolute atomic E-state index is 0.344. The molecule has 0 saturated heterocycles. The zero-order valence-corrected chi connectivity index (χ0v) is 9.61. The van der Waals surface area contributed by atoms with Crippen LogP contribution in [0, 0.1) is 0 Å². The zero-order chi connectivity index (χ0) is 12.0. The summed E-state index contributed by atoms with van der Waals surface area (Å²) in [5, 5.41) is 8.60. The lowest BCUT2D eigenvalue weighted by Crippen LogP contribution is -2.35. The van der Waals surface area contributed by atoms with Crippen molar-refractivity contribution < 1.29 is 13.2 Å². The molecule has 1 heterocycles. The summed E-state index contributed by atoms with van der Waals surface area (Å²) in [5.74, 6) is 0. The highest BCUT2D eigenvalue weighted by Gasteiger charge is 2.28. The summed E-state index contributed by atoms with van der Waals surface area (Å²) in [6.07, 6.45) is -4.13. The molecule has 0 bridgehead atoms. The molecule has 0 saturated carbocycles. The van der Waals surface area contributed by atoms with E-state index in [2.05, 4.69) is 14.9 Å². The first-order valence-electron chi connectivity index (χ1n) is 4.69. The van der Waals surface area contributed by atoms with E-state index in [9.17, 15) is 13.2 Å². The molecule has 0 aliphatic carbocycles. The molecule has 16 heavy (non-hydrogen) atoms. The fourth-order valence-corrected chi connectivity index (χ4v) is 1.58. The van der Waals surface area contributed by atoms with Crippen LogP contribution in [0.2, 0.25) is 0 Å². The van der Waals surface area contributed by atoms with Gasteiger partial charge >= 0.3 is 6.18 Å². The number of halogens is 3. The Morgan fingerprint density at radius 1 is 1.50 bits per heavy atom. The number of likely N-dealkylation sites (N-methyl/N-ethyl adjacent to an activating group) is 1. The van der Waals surface area contributed by atoms with Crippen LogP contribution in [0.3, 0.4) is 0 Å². The number of rotatable bonds is 6. The maximum Gasteiger partial charge on any atom is 0.401 e. The predicted octanol–water partition coefficient (Wildman–Crippen LogP) is 1.12. The van der Waals surface area contributed by atoms with Gasteiger partial charge in [-0.3, -0.25) is 4.90 Å². The molecule has 0 amide bonds. The fourth-order valence-electron chi connectivity index (χ4n) is 1.13. The van der Waals surface area contributed by atoms with Crippen molar-refractivity contribution in [1.82, 2.24) is 19.8 Å². The van der Waals surface area contributed by atoms with Crippen LogP contribution in [0.1, 0.15) is 5.69 Å². The quantitative estimate of drug-likeness (QED) is 0.772. The summed E-state index contributed by atoms with van der Waals surface area (Å²) in [6, 6.07) is 0. The van der Waals surface area contributed by atoms with E-state index >= 15 is 0 Å². The van der Waals surface area contributed by atoms with Gasteiger partial charge in [0.15, 0.2) is 0 Å². The lowest BCUT2D eigenvalue weighted by molar-refractivity contribution is -0.142. The average molecular weight is 254 g/mol. The first-order valence-corrected chi connectivity index (χ1v) is 5.53. The van der Waals surface area contributed by atoms with Crippen LogP contribution in [0.25, 0.3) is 0 Å². The molecule has 1 aromatic heterocycles. The molecule has 92 valence electrons. The molecule has 4 nitrogen and oxygen atoms in total. The largest absolute Gasteiger partial charge is 0.401 e. The van der Waals surface area contributed by atoms with Gasteiger partial charge in [-0.1, -0.05) is 4.49 Å². The summed E-state index contributed by atoms with van der Waals surface area (Å²) in [5.41, 5.74) is 0.809. The molecule has 1 aromatic rings. The molecule has 0 aliphatic heterocycles. The minimum Gasteiger partial charge on any atom is -0.310 e. The summed E-state index contributed by atoms with van der Waals surface area (Å²) in [7, 11) is 1.44. The van der Waals surface area contributed by atoms with Crippen LogP contribution in [-0.2, 0) is 6.54 Å². The number of hydrogen-bond acceptors (Lipinski definition) is 5. The van der Waals surface area contributed by atoms with Gasteiger partial charge in [0.05, 0.1) is 12.2 Å². The van der Waals surface area contributed by atoms with Crippen molar-refractivity contribution in [2.24, 2.45) is 0 Å². The molecule has 1 N–H and O–H groups in total. The predicted molar refractivity (Wildman–Crippen MR) is 55.2 cm³/mol. The third-order valence-corrected chi connectivity index (χ3v) is 2.38. The normalized spacial score (nSPS) is 12.3. The van der Waals surface area contributed by atoms with Gasteiger partial charge in [0, 0.05) is 25.0 Å². The van der Waals surface area contributed by atoms with E-state index in [1.54, 1.807) is 5.38 Å². The lowest BCUT2D eigenvalue weighted by atomic mass is 10.4. The number of alkyl halides is 3. The van der Waals surface area contributed by atoms with Crippen LogP contribution in [-0.4, -0.2) is 47.3 Å². The van der Waals surface area contributed by atoms with E-state index in [-0.39, 0.29) is 0 Å². The third kappa shape index (κ3) is 5.99. The van der Waals surface area contributed by atoms with Gasteiger partial charge in [-0.2, -0.15) is 13.2 Å². The smallest absolute Gasteiger partial charge is 0.310 e. The second kappa shape index (κ2) is 6.12. The topological polar surface area (TPSA) is 41.0 Å². The van der Waals surface area contributed by atoms with Crippen LogP contribution < -0.4 is 5.32 Å². The molecule has 0 aromatic carbocycles. The summed E-state index contributed by atoms with van der Waals surface area (Å²) < 4.78 is 39.6. The Morgan fingerprint density at radius 3 is 2.81 bits per heavy atom. The van der Waals surface area contributed by atoms with Crippen molar-refractivity contribution in [2.75, 3.05) is 26.7 Å². The van der Waals surface area contributed by atoms with Gasteiger partial charge in [0.2, 0.25) is 0 Å². The van der Waals surface area contributed by atoms with Crippen molar-refractivity contribution in [3.05, 3.63) is 11.1 Å². The van der Waals surface area contributed by atoms with Crippen molar-refractivity contribution in [1.29, 1.82) is 0 Å². The summed E-state index contributed by atoms with van der Waals surface area (Å²) in [4.78, 5) is 1.23. The van der Waals surface area contributed by atoms with Crippen molar-refractivity contribution >= 4 is 11.5 Å². The van der Waals surface area contributed by atoms with Crippen LogP contribution in [0.4, 0.5) is 13.2 Å². The van der Waals surface area contributed by atoms with Gasteiger partial charge in [-0.15, -0.1) is 5.10 Å². The Kier molecular flexibility index (Phi) is 5.10. The van der Waals surface area contributed by atoms with E-state index in [0.29, 0.717) is 19.6 Å². The molecular weight excluding hydrogens is 241 g/mol. The number of hydrogen-bond donors (Lipinski definition) is 1. The van der Waals surface area contributed by atoms with Gasteiger partial charge in [0.1, 0.15) is 0 Å². The second-order valence-corrected chi connectivity index (χ2v) is 4.04. The molecule has 0 fully saturated rings. The second-order valence-electron chi connectivity index (χ2n) is 3.43. The Balaban J connectivity index is 2.07. The first kappa shape index (κ1) is 13.3. The van der Waals surface area contributed by atoms with Gasteiger partial charge in [0.25, 0.3) is 0 Å². The average Bonchev–Trinajstić information content (AvgIpc) is 2.62. The molecule has 0 unspecified atom stereocenters. The summed E-state index contributed by atoms with van der Waals surface area (Å²) in [6.45, 7) is 0.491. The SMILES string of the molecule is CN(CCNCc1csnn1)CC(F)(F)F. The number of nitrogens with zero attached hydrogens (tertiary/aromatic N) is 3. The van der Waals surface area contributed by atoms with E-state index in [1.165, 1.54) is 23.5 Å². The molecular formula is C8H13F3N4S. The number of nitrogens with one attached hydrogen (secondary N) is 1. The molecule has 0 radical (unpaired) electrons. The molecule has 0 spiro atoms. The van der Waals surface area contributed by atoms with Crippen molar-refractivity contribution in [2.45, 2.75) is 12.7 Å². The minimum atomic E-state index is -4.13. The standard InChI is InChI=1S/C8H13F3N4S/c1-15(6-8(9,10)11)3-2-12-4-7-5-16-14-13-7/h5,12H,2-4,6H2,1H3. The van der Waals surface area contributed by atoms with E-state index in [0.717, 1.165) is 5.69 Å². The molecule has 0 atom stereocenters. The molecule has 1 rings (SSSR count).